The molecule has 1 aliphatic carbocycles. The quantitative estimate of drug-likeness (QED) is 0.552. The van der Waals surface area contributed by atoms with E-state index in [4.69, 9.17) is 13.9 Å². The van der Waals surface area contributed by atoms with Gasteiger partial charge in [0.05, 0.1) is 12.2 Å². The van der Waals surface area contributed by atoms with Crippen molar-refractivity contribution < 1.29 is 19.0 Å². The highest BCUT2D eigenvalue weighted by atomic mass is 28.4. The minimum Gasteiger partial charge on any atom is -0.467 e. The van der Waals surface area contributed by atoms with Crippen molar-refractivity contribution in [1.29, 1.82) is 0 Å². The lowest BCUT2D eigenvalue weighted by molar-refractivity contribution is -0.0447. The Morgan fingerprint density at radius 3 is 2.32 bits per heavy atom. The molecule has 0 aromatic heterocycles. The Hall–Kier alpha value is -0.883. The first kappa shape index (κ1) is 20.4. The molecule has 5 heteroatoms. The molecule has 2 rings (SSSR count). The van der Waals surface area contributed by atoms with E-state index in [0.717, 1.165) is 36.0 Å². The van der Waals surface area contributed by atoms with Crippen molar-refractivity contribution >= 4 is 8.32 Å². The van der Waals surface area contributed by atoms with Crippen LogP contribution in [0.2, 0.25) is 18.1 Å². The van der Waals surface area contributed by atoms with Crippen molar-refractivity contribution in [2.75, 3.05) is 13.9 Å². The van der Waals surface area contributed by atoms with Crippen LogP contribution in [0.3, 0.4) is 0 Å². The normalized spacial score (nSPS) is 17.3. The van der Waals surface area contributed by atoms with E-state index in [2.05, 4.69) is 40.8 Å². The number of methoxy groups -OCH3 is 1. The highest BCUT2D eigenvalue weighted by molar-refractivity contribution is 6.74. The highest BCUT2D eigenvalue weighted by Crippen LogP contribution is 2.48. The second-order valence-electron chi connectivity index (χ2n) is 8.72. The molecule has 25 heavy (non-hydrogen) atoms. The van der Waals surface area contributed by atoms with E-state index in [1.165, 1.54) is 0 Å². The first-order valence-electron chi connectivity index (χ1n) is 9.13. The lowest BCUT2D eigenvalue weighted by Gasteiger charge is -2.41. The summed E-state index contributed by atoms with van der Waals surface area (Å²) in [7, 11) is -0.270. The molecule has 0 heterocycles. The molecule has 142 valence electrons. The average molecular weight is 367 g/mol. The van der Waals surface area contributed by atoms with Crippen LogP contribution in [0.25, 0.3) is 0 Å². The second-order valence-corrected chi connectivity index (χ2v) is 13.5. The molecular weight excluding hydrogens is 332 g/mol. The Balaban J connectivity index is 2.38. The molecular formula is C20H34O4Si. The molecule has 1 aromatic rings. The van der Waals surface area contributed by atoms with Crippen LogP contribution < -0.4 is 4.74 Å². The molecule has 1 N–H and O–H groups in total. The summed E-state index contributed by atoms with van der Waals surface area (Å²) in [6, 6.07) is 3.98. The van der Waals surface area contributed by atoms with Crippen LogP contribution in [0.4, 0.5) is 0 Å². The molecule has 0 radical (unpaired) electrons. The van der Waals surface area contributed by atoms with E-state index in [9.17, 15) is 5.11 Å². The number of ether oxygens (including phenoxy) is 2. The number of hydrogen-bond acceptors (Lipinski definition) is 4. The van der Waals surface area contributed by atoms with Gasteiger partial charge in [-0.2, -0.15) is 0 Å². The molecule has 0 atom stereocenters. The van der Waals surface area contributed by atoms with E-state index < -0.39 is 13.9 Å². The topological polar surface area (TPSA) is 47.9 Å². The summed E-state index contributed by atoms with van der Waals surface area (Å²) in [5.74, 6) is 0.712. The molecule has 1 aromatic carbocycles. The van der Waals surface area contributed by atoms with E-state index in [0.29, 0.717) is 12.4 Å². The van der Waals surface area contributed by atoms with Crippen LogP contribution in [0.15, 0.2) is 12.1 Å². The zero-order chi connectivity index (χ0) is 18.9. The van der Waals surface area contributed by atoms with Crippen molar-refractivity contribution in [3.8, 4) is 5.75 Å². The zero-order valence-corrected chi connectivity index (χ0v) is 17.9. The van der Waals surface area contributed by atoms with Gasteiger partial charge in [-0.05, 0) is 61.5 Å². The Morgan fingerprint density at radius 2 is 1.84 bits per heavy atom. The predicted molar refractivity (Wildman–Crippen MR) is 103 cm³/mol. The fraction of sp³-hybridized carbons (Fsp3) is 0.700. The van der Waals surface area contributed by atoms with Crippen molar-refractivity contribution in [3.63, 3.8) is 0 Å². The van der Waals surface area contributed by atoms with Gasteiger partial charge in [-0.25, -0.2) is 0 Å². The van der Waals surface area contributed by atoms with Crippen LogP contribution in [0.5, 0.6) is 5.75 Å². The standard InChI is InChI=1S/C20H34O4Si/c1-15-9-10-17(23-14-22-5)18(20(21)11-8-12-20)16(15)13-24-25(6,7)19(2,3)4/h9-10,21H,8,11-14H2,1-7H3. The largest absolute Gasteiger partial charge is 0.467 e. The zero-order valence-electron chi connectivity index (χ0n) is 16.9. The molecule has 0 unspecified atom stereocenters. The number of aliphatic hydroxyl groups is 1. The lowest BCUT2D eigenvalue weighted by Crippen LogP contribution is -2.41. The molecule has 0 bridgehead atoms. The average Bonchev–Trinajstić information content (AvgIpc) is 2.48. The fourth-order valence-electron chi connectivity index (χ4n) is 2.90. The van der Waals surface area contributed by atoms with Gasteiger partial charge in [0.25, 0.3) is 0 Å². The predicted octanol–water partition coefficient (Wildman–Crippen LogP) is 4.87. The molecule has 0 aliphatic heterocycles. The third-order valence-electron chi connectivity index (χ3n) is 5.87. The van der Waals surface area contributed by atoms with Gasteiger partial charge in [-0.1, -0.05) is 26.8 Å². The molecule has 4 nitrogen and oxygen atoms in total. The van der Waals surface area contributed by atoms with Gasteiger partial charge in [-0.3, -0.25) is 0 Å². The van der Waals surface area contributed by atoms with Crippen LogP contribution >= 0.6 is 0 Å². The minimum atomic E-state index is -1.87. The highest BCUT2D eigenvalue weighted by Gasteiger charge is 2.42. The van der Waals surface area contributed by atoms with E-state index in [1.54, 1.807) is 7.11 Å². The number of rotatable bonds is 7. The number of benzene rings is 1. The Bertz CT molecular complexity index is 600. The van der Waals surface area contributed by atoms with E-state index in [-0.39, 0.29) is 11.8 Å². The maximum Gasteiger partial charge on any atom is 0.192 e. The number of hydrogen-bond donors (Lipinski definition) is 1. The smallest absolute Gasteiger partial charge is 0.192 e. The van der Waals surface area contributed by atoms with Crippen molar-refractivity contribution in [3.05, 3.63) is 28.8 Å². The summed E-state index contributed by atoms with van der Waals surface area (Å²) >= 11 is 0. The van der Waals surface area contributed by atoms with E-state index >= 15 is 0 Å². The van der Waals surface area contributed by atoms with Gasteiger partial charge in [-0.15, -0.1) is 0 Å². The van der Waals surface area contributed by atoms with Crippen molar-refractivity contribution in [2.45, 2.75) is 77.3 Å². The SMILES string of the molecule is COCOc1ccc(C)c(CO[Si](C)(C)C(C)(C)C)c1C1(O)CCC1. The van der Waals surface area contributed by atoms with Crippen LogP contribution in [0, 0.1) is 6.92 Å². The van der Waals surface area contributed by atoms with Crippen LogP contribution in [-0.2, 0) is 21.4 Å². The lowest BCUT2D eigenvalue weighted by atomic mass is 9.72. The van der Waals surface area contributed by atoms with Crippen LogP contribution in [0.1, 0.15) is 56.7 Å². The first-order valence-corrected chi connectivity index (χ1v) is 12.0. The second kappa shape index (κ2) is 7.39. The van der Waals surface area contributed by atoms with Crippen LogP contribution in [-0.4, -0.2) is 27.3 Å². The molecule has 1 aliphatic rings. The summed E-state index contributed by atoms with van der Waals surface area (Å²) in [5.41, 5.74) is 2.30. The third-order valence-corrected chi connectivity index (χ3v) is 10.3. The molecule has 1 fully saturated rings. The maximum atomic E-state index is 11.1. The molecule has 0 spiro atoms. The minimum absolute atomic E-state index is 0.151. The summed E-state index contributed by atoms with van der Waals surface area (Å²) < 4.78 is 17.3. The third kappa shape index (κ3) is 4.27. The van der Waals surface area contributed by atoms with Crippen molar-refractivity contribution in [2.24, 2.45) is 0 Å². The van der Waals surface area contributed by atoms with Gasteiger partial charge >= 0.3 is 0 Å². The molecule has 0 amide bonds. The summed E-state index contributed by atoms with van der Waals surface area (Å²) in [5, 5.41) is 11.2. The maximum absolute atomic E-state index is 11.1. The summed E-state index contributed by atoms with van der Waals surface area (Å²) in [6.07, 6.45) is 2.58. The Kier molecular flexibility index (Phi) is 6.04. The van der Waals surface area contributed by atoms with E-state index in [1.807, 2.05) is 12.1 Å². The first-order chi connectivity index (χ1) is 11.5. The van der Waals surface area contributed by atoms with Gasteiger partial charge in [0.1, 0.15) is 5.75 Å². The fourth-order valence-corrected chi connectivity index (χ4v) is 3.84. The number of aryl methyl sites for hydroxylation is 1. The Labute approximate surface area is 153 Å². The van der Waals surface area contributed by atoms with Gasteiger partial charge in [0.15, 0.2) is 15.1 Å². The Morgan fingerprint density at radius 1 is 1.20 bits per heavy atom. The summed E-state index contributed by atoms with van der Waals surface area (Å²) in [4.78, 5) is 0. The van der Waals surface area contributed by atoms with Gasteiger partial charge < -0.3 is 19.0 Å². The molecule has 0 saturated heterocycles. The monoisotopic (exact) mass is 366 g/mol. The van der Waals surface area contributed by atoms with Gasteiger partial charge in [0.2, 0.25) is 0 Å². The van der Waals surface area contributed by atoms with Crippen molar-refractivity contribution in [1.82, 2.24) is 0 Å². The molecule has 1 saturated carbocycles. The van der Waals surface area contributed by atoms with Gasteiger partial charge in [0, 0.05) is 12.7 Å². The summed E-state index contributed by atoms with van der Waals surface area (Å²) in [6.45, 7) is 14.0.